The van der Waals surface area contributed by atoms with Gasteiger partial charge in [-0.25, -0.2) is 0 Å². The van der Waals surface area contributed by atoms with Crippen LogP contribution in [0.2, 0.25) is 0 Å². The summed E-state index contributed by atoms with van der Waals surface area (Å²) in [5.41, 5.74) is 0. The fourth-order valence-corrected chi connectivity index (χ4v) is 11.2. The van der Waals surface area contributed by atoms with E-state index >= 15 is 0 Å². The van der Waals surface area contributed by atoms with Crippen LogP contribution < -0.4 is 15.9 Å². The summed E-state index contributed by atoms with van der Waals surface area (Å²) in [6.07, 6.45) is 16.8. The van der Waals surface area contributed by atoms with Crippen molar-refractivity contribution >= 4 is 28.5 Å². The maximum atomic E-state index is 13.5. The predicted octanol–water partition coefficient (Wildman–Crippen LogP) is 8.41. The first-order chi connectivity index (χ1) is 17.3. The van der Waals surface area contributed by atoms with Crippen LogP contribution in [0.3, 0.4) is 0 Å². The molecule has 0 amide bonds. The quantitative estimate of drug-likeness (QED) is 0.106. The molecule has 0 aliphatic rings. The average Bonchev–Trinajstić information content (AvgIpc) is 2.93. The van der Waals surface area contributed by atoms with E-state index in [0.717, 1.165) is 12.6 Å². The van der Waals surface area contributed by atoms with Gasteiger partial charge in [0.1, 0.15) is 0 Å². The molecule has 0 saturated carbocycles. The molecule has 3 rings (SSSR count). The zero-order valence-electron chi connectivity index (χ0n) is 21.8. The van der Waals surface area contributed by atoms with Crippen molar-refractivity contribution in [2.75, 3.05) is 6.16 Å². The summed E-state index contributed by atoms with van der Waals surface area (Å²) in [6.45, 7) is -0.960. The zero-order valence-corrected chi connectivity index (χ0v) is 22.7. The molecule has 35 heavy (non-hydrogen) atoms. The number of carbonyl (C=O) groups is 1. The van der Waals surface area contributed by atoms with Crippen LogP contribution >= 0.6 is 6.60 Å². The van der Waals surface area contributed by atoms with Crippen molar-refractivity contribution in [1.82, 2.24) is 0 Å². The molecular formula is C33H45OP. The van der Waals surface area contributed by atoms with E-state index in [4.69, 9.17) is 0 Å². The van der Waals surface area contributed by atoms with Crippen molar-refractivity contribution in [3.63, 3.8) is 0 Å². The minimum atomic E-state index is -3.24. The predicted molar refractivity (Wildman–Crippen MR) is 158 cm³/mol. The summed E-state index contributed by atoms with van der Waals surface area (Å²) in [5.74, 6) is 0. The van der Waals surface area contributed by atoms with Crippen LogP contribution in [0.4, 0.5) is 0 Å². The van der Waals surface area contributed by atoms with Gasteiger partial charge in [-0.15, -0.1) is 0 Å². The fraction of sp³-hybridized carbons (Fsp3) is 0.424. The Morgan fingerprint density at radius 2 is 0.800 bits per heavy atom. The molecule has 0 bridgehead atoms. The number of hydrogen-bond acceptors (Lipinski definition) is 1. The third-order valence-corrected chi connectivity index (χ3v) is 13.9. The van der Waals surface area contributed by atoms with E-state index in [1.165, 1.54) is 92.6 Å². The van der Waals surface area contributed by atoms with Crippen LogP contribution in [-0.2, 0) is 4.79 Å². The molecule has 0 aliphatic carbocycles. The molecule has 0 aromatic heterocycles. The molecule has 188 valence electrons. The first kappa shape index (κ1) is 27.3. The second-order valence-corrected chi connectivity index (χ2v) is 15.1. The number of hydrogen-bond donors (Lipinski definition) is 0. The van der Waals surface area contributed by atoms with Gasteiger partial charge < -0.3 is 0 Å². The van der Waals surface area contributed by atoms with Gasteiger partial charge in [0.25, 0.3) is 0 Å². The van der Waals surface area contributed by atoms with Gasteiger partial charge in [0, 0.05) is 0 Å². The Hall–Kier alpha value is -2.24. The van der Waals surface area contributed by atoms with Crippen LogP contribution in [0.25, 0.3) is 0 Å². The van der Waals surface area contributed by atoms with Crippen molar-refractivity contribution in [1.29, 1.82) is 0 Å². The molecule has 0 unspecified atom stereocenters. The number of rotatable bonds is 17. The van der Waals surface area contributed by atoms with Crippen LogP contribution in [0.5, 0.6) is 0 Å². The second kappa shape index (κ2) is 14.4. The molecule has 3 aromatic carbocycles. The molecule has 0 heterocycles. The van der Waals surface area contributed by atoms with Gasteiger partial charge in [0.05, 0.1) is 0 Å². The Bertz CT molecular complexity index is 868. The Balaban J connectivity index is 1.72. The second-order valence-electron chi connectivity index (χ2n) is 10.1. The number of benzene rings is 3. The Morgan fingerprint density at radius 1 is 0.486 bits per heavy atom. The Kier molecular flexibility index (Phi) is 11.2. The minimum absolute atomic E-state index is 0.907. The first-order valence-corrected chi connectivity index (χ1v) is 16.4. The van der Waals surface area contributed by atoms with E-state index in [9.17, 15) is 4.79 Å². The monoisotopic (exact) mass is 488 g/mol. The van der Waals surface area contributed by atoms with Crippen LogP contribution in [0.15, 0.2) is 91.0 Å². The maximum absolute atomic E-state index is 13.5. The van der Waals surface area contributed by atoms with Gasteiger partial charge in [-0.3, -0.25) is 0 Å². The zero-order chi connectivity index (χ0) is 24.7. The standard InChI is InChI=1S/C33H45OP/c1-2-3-4-5-6-7-8-9-10-11-12-22-29-35(30-34,31-23-16-13-17-24-31,32-25-18-14-19-26-32)33-27-20-15-21-28-33/h13-21,23-28,30H,2-12,22,29H2,1H3. The Morgan fingerprint density at radius 3 is 1.11 bits per heavy atom. The summed E-state index contributed by atoms with van der Waals surface area (Å²) in [5, 5.41) is 3.57. The van der Waals surface area contributed by atoms with Crippen LogP contribution in [-0.4, -0.2) is 12.2 Å². The van der Waals surface area contributed by atoms with E-state index in [2.05, 4.69) is 97.9 Å². The number of unbranched alkanes of at least 4 members (excludes halogenated alkanes) is 11. The molecule has 0 aliphatic heterocycles. The number of carbonyl (C=O) groups excluding carboxylic acids is 1. The summed E-state index contributed by atoms with van der Waals surface area (Å²) in [6, 6.07) is 33.2. The third-order valence-electron chi connectivity index (χ3n) is 7.75. The van der Waals surface area contributed by atoms with E-state index in [1.807, 2.05) is 0 Å². The van der Waals surface area contributed by atoms with E-state index < -0.39 is 6.60 Å². The third kappa shape index (κ3) is 6.50. The van der Waals surface area contributed by atoms with Gasteiger partial charge in [-0.1, -0.05) is 13.3 Å². The fourth-order valence-electron chi connectivity index (χ4n) is 5.66. The van der Waals surface area contributed by atoms with E-state index in [0.29, 0.717) is 0 Å². The normalized spacial score (nSPS) is 12.7. The molecular weight excluding hydrogens is 443 g/mol. The van der Waals surface area contributed by atoms with Crippen LogP contribution in [0.1, 0.15) is 84.0 Å². The molecule has 3 aromatic rings. The molecule has 0 fully saturated rings. The van der Waals surface area contributed by atoms with Crippen LogP contribution in [0, 0.1) is 0 Å². The topological polar surface area (TPSA) is 17.1 Å². The molecule has 0 saturated heterocycles. The molecule has 0 radical (unpaired) electrons. The molecule has 2 heteroatoms. The van der Waals surface area contributed by atoms with Crippen molar-refractivity contribution in [2.45, 2.75) is 84.0 Å². The van der Waals surface area contributed by atoms with Gasteiger partial charge in [-0.05, 0) is 0 Å². The molecule has 0 spiro atoms. The molecule has 0 atom stereocenters. The van der Waals surface area contributed by atoms with Gasteiger partial charge in [0.2, 0.25) is 0 Å². The Labute approximate surface area is 214 Å². The molecule has 0 N–H and O–H groups in total. The average molecular weight is 489 g/mol. The summed E-state index contributed by atoms with van der Waals surface area (Å²) < 4.78 is 0. The van der Waals surface area contributed by atoms with E-state index in [1.54, 1.807) is 0 Å². The van der Waals surface area contributed by atoms with Crippen molar-refractivity contribution in [2.24, 2.45) is 0 Å². The summed E-state index contributed by atoms with van der Waals surface area (Å²) in [4.78, 5) is 13.5. The van der Waals surface area contributed by atoms with Gasteiger partial charge in [-0.2, -0.15) is 0 Å². The summed E-state index contributed by atoms with van der Waals surface area (Å²) in [7, 11) is 0. The van der Waals surface area contributed by atoms with Gasteiger partial charge in [0.15, 0.2) is 0 Å². The summed E-state index contributed by atoms with van der Waals surface area (Å²) >= 11 is 0. The first-order valence-electron chi connectivity index (χ1n) is 13.9. The SMILES string of the molecule is CCCCCCCCCCCCCCP(C=O)(c1ccccc1)(c1ccccc1)c1ccccc1. The van der Waals surface area contributed by atoms with Crippen molar-refractivity contribution in [3.8, 4) is 0 Å². The van der Waals surface area contributed by atoms with Gasteiger partial charge >= 0.3 is 201 Å². The van der Waals surface area contributed by atoms with E-state index in [-0.39, 0.29) is 0 Å². The van der Waals surface area contributed by atoms with Crippen molar-refractivity contribution in [3.05, 3.63) is 91.0 Å². The molecule has 1 nitrogen and oxygen atoms in total. The van der Waals surface area contributed by atoms with Crippen molar-refractivity contribution < 1.29 is 4.79 Å².